The Bertz CT molecular complexity index is 1260. The molecule has 0 aromatic heterocycles. The number of nitrogens with zero attached hydrogens (tertiary/aromatic N) is 1. The summed E-state index contributed by atoms with van der Waals surface area (Å²) in [5.41, 5.74) is 4.57. The van der Waals surface area contributed by atoms with E-state index in [-0.39, 0.29) is 13.0 Å². The van der Waals surface area contributed by atoms with Crippen LogP contribution in [0.15, 0.2) is 72.8 Å². The second kappa shape index (κ2) is 11.4. The van der Waals surface area contributed by atoms with Crippen LogP contribution in [0.25, 0.3) is 0 Å². The Morgan fingerprint density at radius 3 is 2.27 bits per heavy atom. The highest BCUT2D eigenvalue weighted by Gasteiger charge is 2.41. The molecule has 1 heterocycles. The van der Waals surface area contributed by atoms with Gasteiger partial charge in [-0.05, 0) is 40.8 Å². The lowest BCUT2D eigenvalue weighted by atomic mass is 9.95. The molecule has 37 heavy (non-hydrogen) atoms. The molecule has 7 heteroatoms. The molecule has 0 bridgehead atoms. The van der Waals surface area contributed by atoms with Crippen LogP contribution in [0.5, 0.6) is 0 Å². The first-order valence-corrected chi connectivity index (χ1v) is 12.5. The Kier molecular flexibility index (Phi) is 8.01. The van der Waals surface area contributed by atoms with Gasteiger partial charge in [0.25, 0.3) is 5.91 Å². The molecule has 3 atom stereocenters. The first-order chi connectivity index (χ1) is 17.8. The standard InChI is InChI=1S/C30H33FN4O2/c1-19(2)20-9-11-22(12-10-20)28(21-7-5-4-6-8-21)34-29(36)27-16-25(31)18-35(27)30(37)23-13-14-26(33-3)24(15-23)17-32/h4-15,17,19,25,27-28,32-33H,16,18H2,1-3H3,(H,34,36)/t25-,27+,28+/m1/s1. The Balaban J connectivity index is 1.61. The summed E-state index contributed by atoms with van der Waals surface area (Å²) in [5.74, 6) is -0.438. The van der Waals surface area contributed by atoms with Crippen LogP contribution in [-0.2, 0) is 4.79 Å². The fraction of sp³-hybridized carbons (Fsp3) is 0.300. The maximum atomic E-state index is 14.6. The smallest absolute Gasteiger partial charge is 0.254 e. The van der Waals surface area contributed by atoms with Gasteiger partial charge in [-0.3, -0.25) is 9.59 Å². The van der Waals surface area contributed by atoms with Crippen LogP contribution >= 0.6 is 0 Å². The summed E-state index contributed by atoms with van der Waals surface area (Å²) in [7, 11) is 1.73. The highest BCUT2D eigenvalue weighted by Crippen LogP contribution is 2.28. The number of carbonyl (C=O) groups excluding carboxylic acids is 2. The molecule has 1 aliphatic heterocycles. The van der Waals surface area contributed by atoms with Gasteiger partial charge in [0.15, 0.2) is 0 Å². The minimum absolute atomic E-state index is 0.0581. The first-order valence-electron chi connectivity index (χ1n) is 12.5. The van der Waals surface area contributed by atoms with Crippen molar-refractivity contribution in [1.82, 2.24) is 10.2 Å². The minimum atomic E-state index is -1.29. The van der Waals surface area contributed by atoms with E-state index in [4.69, 9.17) is 5.41 Å². The molecular formula is C30H33FN4O2. The lowest BCUT2D eigenvalue weighted by Gasteiger charge is -2.27. The monoisotopic (exact) mass is 500 g/mol. The van der Waals surface area contributed by atoms with Crippen molar-refractivity contribution in [2.45, 2.75) is 44.4 Å². The quantitative estimate of drug-likeness (QED) is 0.367. The second-order valence-corrected chi connectivity index (χ2v) is 9.68. The van der Waals surface area contributed by atoms with Crippen LogP contribution in [0.4, 0.5) is 10.1 Å². The Morgan fingerprint density at radius 1 is 1.00 bits per heavy atom. The number of hydrogen-bond acceptors (Lipinski definition) is 4. The number of amides is 2. The van der Waals surface area contributed by atoms with E-state index in [2.05, 4.69) is 36.6 Å². The zero-order chi connectivity index (χ0) is 26.5. The van der Waals surface area contributed by atoms with E-state index in [0.29, 0.717) is 22.7 Å². The summed E-state index contributed by atoms with van der Waals surface area (Å²) >= 11 is 0. The van der Waals surface area contributed by atoms with Crippen LogP contribution in [0, 0.1) is 5.41 Å². The summed E-state index contributed by atoms with van der Waals surface area (Å²) in [6.45, 7) is 4.10. The molecule has 3 aromatic rings. The van der Waals surface area contributed by atoms with Crippen LogP contribution in [0.2, 0.25) is 0 Å². The van der Waals surface area contributed by atoms with Gasteiger partial charge in [-0.15, -0.1) is 0 Å². The van der Waals surface area contributed by atoms with Crippen LogP contribution in [0.1, 0.15) is 64.8 Å². The molecule has 192 valence electrons. The van der Waals surface area contributed by atoms with E-state index in [0.717, 1.165) is 17.3 Å². The minimum Gasteiger partial charge on any atom is -0.388 e. The second-order valence-electron chi connectivity index (χ2n) is 9.68. The molecule has 1 saturated heterocycles. The number of alkyl halides is 1. The number of benzene rings is 3. The predicted molar refractivity (Wildman–Crippen MR) is 145 cm³/mol. The predicted octanol–water partition coefficient (Wildman–Crippen LogP) is 5.31. The van der Waals surface area contributed by atoms with Gasteiger partial charge >= 0.3 is 0 Å². The lowest BCUT2D eigenvalue weighted by molar-refractivity contribution is -0.125. The zero-order valence-electron chi connectivity index (χ0n) is 21.4. The van der Waals surface area contributed by atoms with Crippen LogP contribution in [0.3, 0.4) is 0 Å². The molecule has 4 rings (SSSR count). The third kappa shape index (κ3) is 5.71. The normalized spacial score (nSPS) is 17.9. The van der Waals surface area contributed by atoms with Crippen molar-refractivity contribution in [2.75, 3.05) is 18.9 Å². The number of rotatable bonds is 8. The average molecular weight is 501 g/mol. The number of anilines is 1. The fourth-order valence-electron chi connectivity index (χ4n) is 4.78. The van der Waals surface area contributed by atoms with Crippen LogP contribution in [-0.4, -0.2) is 48.7 Å². The zero-order valence-corrected chi connectivity index (χ0v) is 21.4. The first kappa shape index (κ1) is 26.1. The van der Waals surface area contributed by atoms with Gasteiger partial charge in [-0.1, -0.05) is 68.4 Å². The molecule has 0 aliphatic carbocycles. The molecule has 0 spiro atoms. The Hall–Kier alpha value is -4.00. The fourth-order valence-corrected chi connectivity index (χ4v) is 4.78. The van der Waals surface area contributed by atoms with Crippen molar-refractivity contribution in [3.63, 3.8) is 0 Å². The molecule has 0 saturated carbocycles. The summed E-state index contributed by atoms with van der Waals surface area (Å²) < 4.78 is 14.6. The third-order valence-electron chi connectivity index (χ3n) is 6.89. The number of carbonyl (C=O) groups is 2. The summed E-state index contributed by atoms with van der Waals surface area (Å²) in [4.78, 5) is 28.3. The molecule has 0 radical (unpaired) electrons. The molecule has 0 unspecified atom stereocenters. The molecule has 1 fully saturated rings. The third-order valence-corrected chi connectivity index (χ3v) is 6.89. The molecular weight excluding hydrogens is 467 g/mol. The van der Waals surface area contributed by atoms with Gasteiger partial charge in [0.1, 0.15) is 12.2 Å². The van der Waals surface area contributed by atoms with Gasteiger partial charge in [0.05, 0.1) is 12.6 Å². The van der Waals surface area contributed by atoms with Crippen molar-refractivity contribution in [3.8, 4) is 0 Å². The van der Waals surface area contributed by atoms with Crippen LogP contribution < -0.4 is 10.6 Å². The number of halogens is 1. The summed E-state index contributed by atoms with van der Waals surface area (Å²) in [5, 5.41) is 13.7. The lowest BCUT2D eigenvalue weighted by Crippen LogP contribution is -2.47. The van der Waals surface area contributed by atoms with Gasteiger partial charge in [-0.25, -0.2) is 4.39 Å². The summed E-state index contributed by atoms with van der Waals surface area (Å²) in [6, 6.07) is 21.3. The molecule has 1 aliphatic rings. The Morgan fingerprint density at radius 2 is 1.65 bits per heavy atom. The molecule has 3 N–H and O–H groups in total. The number of hydrogen-bond donors (Lipinski definition) is 3. The average Bonchev–Trinajstić information content (AvgIpc) is 3.33. The highest BCUT2D eigenvalue weighted by molar-refractivity contribution is 6.00. The SMILES string of the molecule is CNc1ccc(C(=O)N2C[C@H](F)C[C@H]2C(=O)N[C@@H](c2ccccc2)c2ccc(C(C)C)cc2)cc1C=N. The molecule has 3 aromatic carbocycles. The van der Waals surface area contributed by atoms with Gasteiger partial charge in [0, 0.05) is 36.5 Å². The van der Waals surface area contributed by atoms with Crippen molar-refractivity contribution < 1.29 is 14.0 Å². The van der Waals surface area contributed by atoms with Crippen molar-refractivity contribution >= 4 is 23.7 Å². The number of likely N-dealkylation sites (tertiary alicyclic amines) is 1. The maximum Gasteiger partial charge on any atom is 0.254 e. The van der Waals surface area contributed by atoms with Crippen molar-refractivity contribution in [2.24, 2.45) is 0 Å². The van der Waals surface area contributed by atoms with E-state index >= 15 is 0 Å². The maximum absolute atomic E-state index is 14.6. The van der Waals surface area contributed by atoms with Crippen molar-refractivity contribution in [3.05, 3.63) is 101 Å². The number of nitrogens with one attached hydrogen (secondary N) is 3. The molecule has 2 amide bonds. The molecule has 6 nitrogen and oxygen atoms in total. The van der Waals surface area contributed by atoms with Gasteiger partial charge in [-0.2, -0.15) is 0 Å². The van der Waals surface area contributed by atoms with E-state index in [1.165, 1.54) is 10.5 Å². The van der Waals surface area contributed by atoms with E-state index < -0.39 is 30.1 Å². The van der Waals surface area contributed by atoms with E-state index in [1.807, 2.05) is 42.5 Å². The highest BCUT2D eigenvalue weighted by atomic mass is 19.1. The largest absolute Gasteiger partial charge is 0.388 e. The van der Waals surface area contributed by atoms with E-state index in [1.54, 1.807) is 25.2 Å². The topological polar surface area (TPSA) is 85.3 Å². The Labute approximate surface area is 217 Å². The van der Waals surface area contributed by atoms with Gasteiger partial charge < -0.3 is 20.9 Å². The van der Waals surface area contributed by atoms with Crippen molar-refractivity contribution in [1.29, 1.82) is 5.41 Å². The summed E-state index contributed by atoms with van der Waals surface area (Å²) in [6.07, 6.45) is -0.194. The van der Waals surface area contributed by atoms with Gasteiger partial charge in [0.2, 0.25) is 5.91 Å². The van der Waals surface area contributed by atoms with E-state index in [9.17, 15) is 14.0 Å².